The summed E-state index contributed by atoms with van der Waals surface area (Å²) >= 11 is 0. The average Bonchev–Trinajstić information content (AvgIpc) is 2.74. The third kappa shape index (κ3) is 1.23. The molecule has 1 fully saturated rings. The quantitative estimate of drug-likeness (QED) is 0.658. The van der Waals surface area contributed by atoms with E-state index in [-0.39, 0.29) is 0 Å². The van der Waals surface area contributed by atoms with Gasteiger partial charge in [0.1, 0.15) is 5.82 Å². The van der Waals surface area contributed by atoms with Crippen molar-refractivity contribution < 1.29 is 0 Å². The molecule has 0 radical (unpaired) electrons. The molecule has 1 aliphatic rings. The molecule has 1 aromatic rings. The summed E-state index contributed by atoms with van der Waals surface area (Å²) in [6.45, 7) is 0. The Balaban J connectivity index is 2.03. The first-order chi connectivity index (χ1) is 4.95. The number of aromatic nitrogens is 2. The van der Waals surface area contributed by atoms with E-state index in [1.807, 2.05) is 12.1 Å². The van der Waals surface area contributed by atoms with Crippen LogP contribution in [0.2, 0.25) is 0 Å². The van der Waals surface area contributed by atoms with Crippen molar-refractivity contribution in [3.8, 4) is 0 Å². The highest BCUT2D eigenvalue weighted by Crippen LogP contribution is 2.22. The van der Waals surface area contributed by atoms with Gasteiger partial charge in [0.2, 0.25) is 0 Å². The second kappa shape index (κ2) is 2.25. The van der Waals surface area contributed by atoms with Crippen LogP contribution in [0.15, 0.2) is 18.3 Å². The van der Waals surface area contributed by atoms with E-state index in [1.54, 1.807) is 6.20 Å². The highest BCUT2D eigenvalue weighted by molar-refractivity contribution is 5.34. The molecule has 0 spiro atoms. The van der Waals surface area contributed by atoms with E-state index in [2.05, 4.69) is 15.5 Å². The number of hydrogen-bond acceptors (Lipinski definition) is 3. The maximum Gasteiger partial charge on any atom is 0.148 e. The second-order valence-electron chi connectivity index (χ2n) is 2.53. The van der Waals surface area contributed by atoms with Crippen molar-refractivity contribution >= 4 is 5.82 Å². The molecule has 1 aromatic heterocycles. The Hall–Kier alpha value is -1.12. The molecule has 1 N–H and O–H groups in total. The number of nitrogens with zero attached hydrogens (tertiary/aromatic N) is 2. The maximum absolute atomic E-state index is 3.90. The van der Waals surface area contributed by atoms with Gasteiger partial charge in [0.05, 0.1) is 0 Å². The standard InChI is InChI=1S/C7H9N3/c1-2-7(10-8-5-1)9-6-3-4-6/h1-2,5-6H,3-4H2,(H,9,10). The van der Waals surface area contributed by atoms with E-state index in [4.69, 9.17) is 0 Å². The summed E-state index contributed by atoms with van der Waals surface area (Å²) in [5, 5.41) is 10.9. The zero-order valence-corrected chi connectivity index (χ0v) is 5.62. The summed E-state index contributed by atoms with van der Waals surface area (Å²) in [4.78, 5) is 0. The Kier molecular flexibility index (Phi) is 1.27. The van der Waals surface area contributed by atoms with E-state index in [0.717, 1.165) is 5.82 Å². The van der Waals surface area contributed by atoms with Gasteiger partial charge in [-0.15, -0.1) is 5.10 Å². The van der Waals surface area contributed by atoms with Crippen molar-refractivity contribution in [3.05, 3.63) is 18.3 Å². The van der Waals surface area contributed by atoms with E-state index in [1.165, 1.54) is 12.8 Å². The topological polar surface area (TPSA) is 37.8 Å². The number of hydrogen-bond donors (Lipinski definition) is 1. The normalized spacial score (nSPS) is 16.8. The van der Waals surface area contributed by atoms with Crippen LogP contribution in [0, 0.1) is 0 Å². The first kappa shape index (κ1) is 5.65. The molecule has 0 unspecified atom stereocenters. The Morgan fingerprint density at radius 2 is 2.40 bits per heavy atom. The molecule has 0 saturated heterocycles. The zero-order valence-electron chi connectivity index (χ0n) is 5.62. The molecule has 0 aliphatic heterocycles. The summed E-state index contributed by atoms with van der Waals surface area (Å²) in [7, 11) is 0. The molecule has 0 bridgehead atoms. The van der Waals surface area contributed by atoms with E-state index < -0.39 is 0 Å². The van der Waals surface area contributed by atoms with Gasteiger partial charge in [-0.3, -0.25) is 0 Å². The lowest BCUT2D eigenvalue weighted by Gasteiger charge is -1.98. The summed E-state index contributed by atoms with van der Waals surface area (Å²) in [5.41, 5.74) is 0. The van der Waals surface area contributed by atoms with Crippen LogP contribution in [-0.4, -0.2) is 16.2 Å². The average molecular weight is 135 g/mol. The maximum atomic E-state index is 3.90. The van der Waals surface area contributed by atoms with Gasteiger partial charge >= 0.3 is 0 Å². The molecule has 2 rings (SSSR count). The second-order valence-corrected chi connectivity index (χ2v) is 2.53. The third-order valence-electron chi connectivity index (χ3n) is 1.50. The lowest BCUT2D eigenvalue weighted by Crippen LogP contribution is -2.02. The lowest BCUT2D eigenvalue weighted by molar-refractivity contribution is 0.999. The SMILES string of the molecule is c1cnnc(NC2CC2)c1. The van der Waals surface area contributed by atoms with Gasteiger partial charge in [0, 0.05) is 12.2 Å². The Labute approximate surface area is 59.5 Å². The molecule has 1 aliphatic carbocycles. The van der Waals surface area contributed by atoms with Crippen molar-refractivity contribution in [2.75, 3.05) is 5.32 Å². The Bertz CT molecular complexity index is 205. The van der Waals surface area contributed by atoms with Gasteiger partial charge in [0.15, 0.2) is 0 Å². The van der Waals surface area contributed by atoms with Crippen LogP contribution in [-0.2, 0) is 0 Å². The Morgan fingerprint density at radius 3 is 3.00 bits per heavy atom. The van der Waals surface area contributed by atoms with Gasteiger partial charge in [-0.1, -0.05) is 0 Å². The molecule has 0 aromatic carbocycles. The van der Waals surface area contributed by atoms with Gasteiger partial charge in [-0.2, -0.15) is 5.10 Å². The van der Waals surface area contributed by atoms with Crippen molar-refractivity contribution in [1.29, 1.82) is 0 Å². The molecule has 3 heteroatoms. The Morgan fingerprint density at radius 1 is 1.50 bits per heavy atom. The van der Waals surface area contributed by atoms with Gasteiger partial charge in [-0.05, 0) is 25.0 Å². The zero-order chi connectivity index (χ0) is 6.81. The van der Waals surface area contributed by atoms with Crippen LogP contribution in [0.3, 0.4) is 0 Å². The number of rotatable bonds is 2. The van der Waals surface area contributed by atoms with Crippen LogP contribution in [0.5, 0.6) is 0 Å². The molecular weight excluding hydrogens is 126 g/mol. The van der Waals surface area contributed by atoms with E-state index >= 15 is 0 Å². The van der Waals surface area contributed by atoms with E-state index in [0.29, 0.717) is 6.04 Å². The van der Waals surface area contributed by atoms with Crippen LogP contribution in [0.25, 0.3) is 0 Å². The van der Waals surface area contributed by atoms with Crippen molar-refractivity contribution in [2.24, 2.45) is 0 Å². The fourth-order valence-corrected chi connectivity index (χ4v) is 0.815. The fraction of sp³-hybridized carbons (Fsp3) is 0.429. The minimum Gasteiger partial charge on any atom is -0.366 e. The van der Waals surface area contributed by atoms with Crippen LogP contribution in [0.4, 0.5) is 5.82 Å². The van der Waals surface area contributed by atoms with Crippen LogP contribution < -0.4 is 5.32 Å². The van der Waals surface area contributed by atoms with Crippen LogP contribution >= 0.6 is 0 Å². The highest BCUT2D eigenvalue weighted by atomic mass is 15.2. The predicted molar refractivity (Wildman–Crippen MR) is 38.7 cm³/mol. The molecule has 10 heavy (non-hydrogen) atoms. The van der Waals surface area contributed by atoms with Gasteiger partial charge in [0.25, 0.3) is 0 Å². The molecular formula is C7H9N3. The summed E-state index contributed by atoms with van der Waals surface area (Å²) in [6, 6.07) is 4.49. The molecule has 3 nitrogen and oxygen atoms in total. The van der Waals surface area contributed by atoms with Gasteiger partial charge in [-0.25, -0.2) is 0 Å². The fourth-order valence-electron chi connectivity index (χ4n) is 0.815. The summed E-state index contributed by atoms with van der Waals surface area (Å²) in [5.74, 6) is 0.894. The first-order valence-electron chi connectivity index (χ1n) is 3.49. The van der Waals surface area contributed by atoms with Crippen molar-refractivity contribution in [1.82, 2.24) is 10.2 Å². The van der Waals surface area contributed by atoms with E-state index in [9.17, 15) is 0 Å². The third-order valence-corrected chi connectivity index (χ3v) is 1.50. The molecule has 1 heterocycles. The smallest absolute Gasteiger partial charge is 0.148 e. The predicted octanol–water partition coefficient (Wildman–Crippen LogP) is 1.05. The lowest BCUT2D eigenvalue weighted by atomic mass is 10.5. The minimum absolute atomic E-state index is 0.664. The monoisotopic (exact) mass is 135 g/mol. The van der Waals surface area contributed by atoms with Crippen LogP contribution in [0.1, 0.15) is 12.8 Å². The number of anilines is 1. The van der Waals surface area contributed by atoms with Crippen molar-refractivity contribution in [3.63, 3.8) is 0 Å². The summed E-state index contributed by atoms with van der Waals surface area (Å²) < 4.78 is 0. The minimum atomic E-state index is 0.664. The number of nitrogens with one attached hydrogen (secondary N) is 1. The first-order valence-corrected chi connectivity index (χ1v) is 3.49. The summed E-state index contributed by atoms with van der Waals surface area (Å²) in [6.07, 6.45) is 4.23. The molecule has 0 amide bonds. The van der Waals surface area contributed by atoms with Gasteiger partial charge < -0.3 is 5.32 Å². The van der Waals surface area contributed by atoms with Crippen molar-refractivity contribution in [2.45, 2.75) is 18.9 Å². The molecule has 1 saturated carbocycles. The largest absolute Gasteiger partial charge is 0.366 e. The highest BCUT2D eigenvalue weighted by Gasteiger charge is 2.20. The molecule has 52 valence electrons. The molecule has 0 atom stereocenters.